The number of carboxylic acid groups (broad SMARTS) is 1. The molecule has 2 aromatic carbocycles. The largest absolute Gasteiger partial charge is 0.478 e. The van der Waals surface area contributed by atoms with Crippen LogP contribution in [-0.2, 0) is 6.54 Å². The molecule has 168 valence electrons. The number of nitrogens with zero attached hydrogens (tertiary/aromatic N) is 3. The lowest BCUT2D eigenvalue weighted by Crippen LogP contribution is -2.13. The van der Waals surface area contributed by atoms with Crippen LogP contribution in [0.4, 0.5) is 10.2 Å². The number of anilines is 1. The van der Waals surface area contributed by atoms with Crippen molar-refractivity contribution in [2.24, 2.45) is 0 Å². The maximum atomic E-state index is 14.5. The summed E-state index contributed by atoms with van der Waals surface area (Å²) >= 11 is 0. The summed E-state index contributed by atoms with van der Waals surface area (Å²) in [6.07, 6.45) is 3.54. The van der Waals surface area contributed by atoms with E-state index < -0.39 is 5.97 Å². The summed E-state index contributed by atoms with van der Waals surface area (Å²) < 4.78 is 16.5. The fourth-order valence-electron chi connectivity index (χ4n) is 4.45. The molecule has 6 nitrogen and oxygen atoms in total. The molecule has 1 aliphatic rings. The van der Waals surface area contributed by atoms with Gasteiger partial charge in [0.25, 0.3) is 0 Å². The standard InChI is InChI=1S/C26H25FN4O2/c1-15-3-8-22(27)25-20(15)11-16(2)31(25)10-9-28-24-13-23(29-14-30-24)18-6-7-19(26(32)33)21(12-18)17-4-5-17/h3,6-8,11-14,17H,4-5,9-10H2,1-2H3,(H,32,33)(H,28,29,30). The van der Waals surface area contributed by atoms with Gasteiger partial charge in [0.2, 0.25) is 0 Å². The van der Waals surface area contributed by atoms with Gasteiger partial charge in [0.1, 0.15) is 18.0 Å². The molecule has 1 saturated carbocycles. The van der Waals surface area contributed by atoms with Gasteiger partial charge >= 0.3 is 5.97 Å². The van der Waals surface area contributed by atoms with E-state index in [9.17, 15) is 14.3 Å². The first-order valence-electron chi connectivity index (χ1n) is 11.1. The average Bonchev–Trinajstić information content (AvgIpc) is 3.60. The van der Waals surface area contributed by atoms with Crippen LogP contribution < -0.4 is 5.32 Å². The van der Waals surface area contributed by atoms with Crippen molar-refractivity contribution in [2.75, 3.05) is 11.9 Å². The summed E-state index contributed by atoms with van der Waals surface area (Å²) in [4.78, 5) is 20.3. The Labute approximate surface area is 191 Å². The van der Waals surface area contributed by atoms with Crippen LogP contribution in [0.1, 0.15) is 45.9 Å². The Balaban J connectivity index is 1.35. The van der Waals surface area contributed by atoms with Crippen molar-refractivity contribution in [3.05, 3.63) is 77.0 Å². The van der Waals surface area contributed by atoms with Crippen molar-refractivity contribution in [1.82, 2.24) is 14.5 Å². The van der Waals surface area contributed by atoms with Gasteiger partial charge in [-0.1, -0.05) is 12.1 Å². The van der Waals surface area contributed by atoms with Crippen LogP contribution in [-0.4, -0.2) is 32.2 Å². The summed E-state index contributed by atoms with van der Waals surface area (Å²) in [5, 5.41) is 13.7. The van der Waals surface area contributed by atoms with Gasteiger partial charge in [-0.15, -0.1) is 0 Å². The number of hydrogen-bond donors (Lipinski definition) is 2. The van der Waals surface area contributed by atoms with Crippen LogP contribution in [0.2, 0.25) is 0 Å². The zero-order chi connectivity index (χ0) is 23.1. The summed E-state index contributed by atoms with van der Waals surface area (Å²) in [7, 11) is 0. The van der Waals surface area contributed by atoms with E-state index in [-0.39, 0.29) is 5.82 Å². The van der Waals surface area contributed by atoms with Gasteiger partial charge in [0.15, 0.2) is 0 Å². The zero-order valence-corrected chi connectivity index (χ0v) is 18.6. The fourth-order valence-corrected chi connectivity index (χ4v) is 4.45. The number of nitrogens with one attached hydrogen (secondary N) is 1. The summed E-state index contributed by atoms with van der Waals surface area (Å²) in [5.41, 5.74) is 5.54. The molecule has 2 N–H and O–H groups in total. The molecule has 1 aliphatic carbocycles. The van der Waals surface area contributed by atoms with E-state index in [0.29, 0.717) is 35.9 Å². The molecule has 2 aromatic heterocycles. The Kier molecular flexibility index (Phi) is 5.32. The maximum Gasteiger partial charge on any atom is 0.335 e. The highest BCUT2D eigenvalue weighted by Crippen LogP contribution is 2.43. The molecule has 0 aliphatic heterocycles. The minimum atomic E-state index is -0.895. The maximum absolute atomic E-state index is 14.5. The van der Waals surface area contributed by atoms with Gasteiger partial charge in [-0.3, -0.25) is 0 Å². The summed E-state index contributed by atoms with van der Waals surface area (Å²) in [5.74, 6) is -0.127. The second kappa shape index (κ2) is 8.31. The number of carboxylic acids is 1. The molecule has 0 bridgehead atoms. The molecule has 5 rings (SSSR count). The molecule has 0 amide bonds. The summed E-state index contributed by atoms with van der Waals surface area (Å²) in [6, 6.07) is 12.6. The van der Waals surface area contributed by atoms with Crippen molar-refractivity contribution in [3.63, 3.8) is 0 Å². The predicted octanol–water partition coefficient (Wildman–Crippen LogP) is 5.54. The molecule has 4 aromatic rings. The molecule has 33 heavy (non-hydrogen) atoms. The number of benzene rings is 2. The van der Waals surface area contributed by atoms with E-state index in [2.05, 4.69) is 15.3 Å². The van der Waals surface area contributed by atoms with Crippen LogP contribution >= 0.6 is 0 Å². The average molecular weight is 445 g/mol. The Morgan fingerprint density at radius 3 is 2.73 bits per heavy atom. The van der Waals surface area contributed by atoms with Crippen LogP contribution in [0.15, 0.2) is 48.8 Å². The Morgan fingerprint density at radius 2 is 1.97 bits per heavy atom. The lowest BCUT2D eigenvalue weighted by atomic mass is 9.98. The molecule has 0 saturated heterocycles. The highest BCUT2D eigenvalue weighted by Gasteiger charge is 2.28. The Bertz CT molecular complexity index is 1370. The molecule has 1 fully saturated rings. The first kappa shape index (κ1) is 21.1. The lowest BCUT2D eigenvalue weighted by Gasteiger charge is -2.12. The number of aromatic nitrogens is 3. The predicted molar refractivity (Wildman–Crippen MR) is 126 cm³/mol. The van der Waals surface area contributed by atoms with Crippen LogP contribution in [0.25, 0.3) is 22.2 Å². The van der Waals surface area contributed by atoms with Gasteiger partial charge in [0.05, 0.1) is 16.8 Å². The number of carbonyl (C=O) groups is 1. The Morgan fingerprint density at radius 1 is 1.15 bits per heavy atom. The van der Waals surface area contributed by atoms with Gasteiger partial charge in [0, 0.05) is 35.8 Å². The van der Waals surface area contributed by atoms with E-state index in [1.807, 2.05) is 36.6 Å². The van der Waals surface area contributed by atoms with Crippen LogP contribution in [0.5, 0.6) is 0 Å². The van der Waals surface area contributed by atoms with Gasteiger partial charge in [-0.2, -0.15) is 0 Å². The second-order valence-corrected chi connectivity index (χ2v) is 8.66. The number of halogens is 1. The molecule has 7 heteroatoms. The fraction of sp³-hybridized carbons (Fsp3) is 0.269. The second-order valence-electron chi connectivity index (χ2n) is 8.66. The minimum Gasteiger partial charge on any atom is -0.478 e. The van der Waals surface area contributed by atoms with E-state index in [0.717, 1.165) is 46.3 Å². The highest BCUT2D eigenvalue weighted by molar-refractivity contribution is 5.90. The molecule has 0 atom stereocenters. The van der Waals surface area contributed by atoms with E-state index in [4.69, 9.17) is 0 Å². The molecule has 0 radical (unpaired) electrons. The third-order valence-corrected chi connectivity index (χ3v) is 6.34. The number of hydrogen-bond acceptors (Lipinski definition) is 4. The molecule has 0 spiro atoms. The Hall–Kier alpha value is -3.74. The van der Waals surface area contributed by atoms with Crippen molar-refractivity contribution >= 4 is 22.7 Å². The molecule has 0 unspecified atom stereocenters. The zero-order valence-electron chi connectivity index (χ0n) is 18.6. The molecular formula is C26H25FN4O2. The number of rotatable bonds is 7. The topological polar surface area (TPSA) is 80.0 Å². The van der Waals surface area contributed by atoms with Gasteiger partial charge < -0.3 is 15.0 Å². The first-order valence-corrected chi connectivity index (χ1v) is 11.1. The third kappa shape index (κ3) is 4.06. The van der Waals surface area contributed by atoms with Crippen molar-refractivity contribution < 1.29 is 14.3 Å². The smallest absolute Gasteiger partial charge is 0.335 e. The van der Waals surface area contributed by atoms with E-state index in [1.165, 1.54) is 12.4 Å². The van der Waals surface area contributed by atoms with E-state index >= 15 is 0 Å². The van der Waals surface area contributed by atoms with Gasteiger partial charge in [-0.05, 0) is 68.0 Å². The quantitative estimate of drug-likeness (QED) is 0.391. The van der Waals surface area contributed by atoms with Crippen LogP contribution in [0.3, 0.4) is 0 Å². The van der Waals surface area contributed by atoms with Gasteiger partial charge in [-0.25, -0.2) is 19.2 Å². The third-order valence-electron chi connectivity index (χ3n) is 6.34. The van der Waals surface area contributed by atoms with Crippen molar-refractivity contribution in [2.45, 2.75) is 39.2 Å². The number of fused-ring (bicyclic) bond motifs is 1. The minimum absolute atomic E-state index is 0.218. The summed E-state index contributed by atoms with van der Waals surface area (Å²) in [6.45, 7) is 5.14. The number of aromatic carboxylic acids is 1. The van der Waals surface area contributed by atoms with Crippen molar-refractivity contribution in [1.29, 1.82) is 0 Å². The first-order chi connectivity index (χ1) is 15.9. The number of aryl methyl sites for hydroxylation is 2. The van der Waals surface area contributed by atoms with E-state index in [1.54, 1.807) is 18.2 Å². The molecular weight excluding hydrogens is 419 g/mol. The van der Waals surface area contributed by atoms with Crippen LogP contribution in [0, 0.1) is 19.7 Å². The highest BCUT2D eigenvalue weighted by atomic mass is 19.1. The van der Waals surface area contributed by atoms with Crippen molar-refractivity contribution in [3.8, 4) is 11.3 Å². The monoisotopic (exact) mass is 444 g/mol. The lowest BCUT2D eigenvalue weighted by molar-refractivity contribution is 0.0695. The SMILES string of the molecule is Cc1ccc(F)c2c1cc(C)n2CCNc1cc(-c2ccc(C(=O)O)c(C3CC3)c2)ncn1. The molecule has 2 heterocycles. The normalized spacial score (nSPS) is 13.4.